The third-order valence-corrected chi connectivity index (χ3v) is 6.53. The Bertz CT molecular complexity index is 1560. The van der Waals surface area contributed by atoms with E-state index in [0.29, 0.717) is 40.2 Å². The predicted molar refractivity (Wildman–Crippen MR) is 132 cm³/mol. The van der Waals surface area contributed by atoms with Gasteiger partial charge in [-0.1, -0.05) is 18.2 Å². The number of rotatable bonds is 8. The van der Waals surface area contributed by atoms with Gasteiger partial charge in [-0.25, -0.2) is 22.6 Å². The molecule has 10 heteroatoms. The monoisotopic (exact) mass is 499 g/mol. The number of pyridine rings is 1. The van der Waals surface area contributed by atoms with Crippen molar-refractivity contribution < 1.29 is 22.3 Å². The number of halogens is 1. The smallest absolute Gasteiger partial charge is 0.327 e. The van der Waals surface area contributed by atoms with Crippen molar-refractivity contribution in [3.63, 3.8) is 0 Å². The fourth-order valence-corrected chi connectivity index (χ4v) is 4.96. The van der Waals surface area contributed by atoms with Crippen LogP contribution in [0, 0.1) is 12.7 Å². The highest BCUT2D eigenvalue weighted by Crippen LogP contribution is 2.31. The van der Waals surface area contributed by atoms with E-state index in [0.717, 1.165) is 11.8 Å². The van der Waals surface area contributed by atoms with Crippen molar-refractivity contribution in [3.8, 4) is 22.8 Å². The van der Waals surface area contributed by atoms with E-state index < -0.39 is 21.6 Å². The highest BCUT2D eigenvalue weighted by atomic mass is 32.2. The number of aryl methyl sites for hydroxylation is 1. The zero-order valence-electron chi connectivity index (χ0n) is 19.8. The highest BCUT2D eigenvalue weighted by Gasteiger charge is 2.26. The van der Waals surface area contributed by atoms with Gasteiger partial charge in [-0.05, 0) is 55.3 Å². The molecule has 0 bridgehead atoms. The van der Waals surface area contributed by atoms with Crippen molar-refractivity contribution in [3.05, 3.63) is 76.1 Å². The fraction of sp³-hybridized carbons (Fsp3) is 0.280. The lowest BCUT2D eigenvalue weighted by molar-refractivity contribution is 0.296. The zero-order chi connectivity index (χ0) is 25.3. The molecule has 1 unspecified atom stereocenters. The lowest BCUT2D eigenvalue weighted by Crippen LogP contribution is -2.29. The maximum atomic E-state index is 14.5. The molecule has 0 fully saturated rings. The van der Waals surface area contributed by atoms with Gasteiger partial charge in [0, 0.05) is 11.8 Å². The SMILES string of the molecule is CCOc1nc(C(CS(C)(=O)=O)n2c(=O)[nH]c3cc(-c4ccc(C)cc4F)ccc32)ccc1OC. The molecule has 0 aliphatic heterocycles. The van der Waals surface area contributed by atoms with Crippen LogP contribution in [0.4, 0.5) is 4.39 Å². The number of benzene rings is 2. The van der Waals surface area contributed by atoms with Gasteiger partial charge in [0.15, 0.2) is 5.75 Å². The number of hydrogen-bond acceptors (Lipinski definition) is 6. The molecule has 0 radical (unpaired) electrons. The van der Waals surface area contributed by atoms with Gasteiger partial charge in [0.05, 0.1) is 42.2 Å². The molecule has 0 spiro atoms. The van der Waals surface area contributed by atoms with E-state index in [9.17, 15) is 17.6 Å². The minimum Gasteiger partial charge on any atom is -0.491 e. The van der Waals surface area contributed by atoms with Gasteiger partial charge in [0.25, 0.3) is 5.88 Å². The van der Waals surface area contributed by atoms with Crippen molar-refractivity contribution in [1.29, 1.82) is 0 Å². The lowest BCUT2D eigenvalue weighted by atomic mass is 10.0. The summed E-state index contributed by atoms with van der Waals surface area (Å²) in [5, 5.41) is 0. The van der Waals surface area contributed by atoms with Crippen LogP contribution < -0.4 is 15.2 Å². The standard InChI is InChI=1S/C25H26FN3O5S/c1-5-34-24-23(33-3)11-9-19(27-24)22(14-35(4,31)32)29-21-10-7-16(13-20(21)28-25(29)30)17-8-6-15(2)12-18(17)26/h6-13,22H,5,14H2,1-4H3,(H,28,30). The highest BCUT2D eigenvalue weighted by molar-refractivity contribution is 7.90. The van der Waals surface area contributed by atoms with Crippen LogP contribution in [0.5, 0.6) is 11.6 Å². The Labute approximate surface area is 202 Å². The van der Waals surface area contributed by atoms with Crippen LogP contribution in [0.25, 0.3) is 22.2 Å². The topological polar surface area (TPSA) is 103 Å². The van der Waals surface area contributed by atoms with Crippen LogP contribution >= 0.6 is 0 Å². The molecule has 184 valence electrons. The second kappa shape index (κ2) is 9.53. The number of nitrogens with one attached hydrogen (secondary N) is 1. The second-order valence-electron chi connectivity index (χ2n) is 8.30. The minimum absolute atomic E-state index is 0.205. The fourth-order valence-electron chi connectivity index (χ4n) is 4.06. The third-order valence-electron chi connectivity index (χ3n) is 5.61. The average Bonchev–Trinajstić information content (AvgIpc) is 3.11. The van der Waals surface area contributed by atoms with E-state index in [1.54, 1.807) is 50.2 Å². The normalized spacial score (nSPS) is 12.6. The van der Waals surface area contributed by atoms with E-state index in [1.807, 2.05) is 6.07 Å². The minimum atomic E-state index is -3.52. The Morgan fingerprint density at radius 2 is 1.91 bits per heavy atom. The Balaban J connectivity index is 1.88. The molecule has 0 saturated carbocycles. The van der Waals surface area contributed by atoms with Crippen LogP contribution in [0.3, 0.4) is 0 Å². The quantitative estimate of drug-likeness (QED) is 0.395. The van der Waals surface area contributed by atoms with Gasteiger partial charge < -0.3 is 14.5 Å². The van der Waals surface area contributed by atoms with E-state index in [4.69, 9.17) is 9.47 Å². The second-order valence-corrected chi connectivity index (χ2v) is 10.5. The van der Waals surface area contributed by atoms with Crippen molar-refractivity contribution in [2.24, 2.45) is 0 Å². The number of nitrogens with zero attached hydrogens (tertiary/aromatic N) is 2. The first-order valence-electron chi connectivity index (χ1n) is 11.0. The van der Waals surface area contributed by atoms with Gasteiger partial charge >= 0.3 is 5.69 Å². The van der Waals surface area contributed by atoms with Gasteiger partial charge in [-0.15, -0.1) is 0 Å². The van der Waals surface area contributed by atoms with Gasteiger partial charge in [0.2, 0.25) is 0 Å². The molecule has 2 heterocycles. The van der Waals surface area contributed by atoms with Crippen LogP contribution in [-0.2, 0) is 9.84 Å². The molecule has 0 saturated heterocycles. The lowest BCUT2D eigenvalue weighted by Gasteiger charge is -2.19. The number of sulfone groups is 1. The number of ether oxygens (including phenoxy) is 2. The van der Waals surface area contributed by atoms with E-state index in [-0.39, 0.29) is 17.5 Å². The Hall–Kier alpha value is -3.66. The molecule has 2 aromatic carbocycles. The Morgan fingerprint density at radius 3 is 2.57 bits per heavy atom. The summed E-state index contributed by atoms with van der Waals surface area (Å²) in [6, 6.07) is 12.3. The van der Waals surface area contributed by atoms with Crippen molar-refractivity contribution in [2.45, 2.75) is 19.9 Å². The van der Waals surface area contributed by atoms with Gasteiger partial charge in [-0.2, -0.15) is 0 Å². The first-order valence-corrected chi connectivity index (χ1v) is 13.0. The molecule has 8 nitrogen and oxygen atoms in total. The van der Waals surface area contributed by atoms with Crippen molar-refractivity contribution in [1.82, 2.24) is 14.5 Å². The predicted octanol–water partition coefficient (Wildman–Crippen LogP) is 3.88. The molecular formula is C25H26FN3O5S. The maximum Gasteiger partial charge on any atom is 0.327 e. The summed E-state index contributed by atoms with van der Waals surface area (Å²) in [7, 11) is -2.04. The molecule has 0 aliphatic carbocycles. The average molecular weight is 500 g/mol. The number of fused-ring (bicyclic) bond motifs is 1. The summed E-state index contributed by atoms with van der Waals surface area (Å²) < 4.78 is 51.4. The molecule has 4 rings (SSSR count). The van der Waals surface area contributed by atoms with E-state index in [2.05, 4.69) is 9.97 Å². The molecule has 0 aliphatic rings. The largest absolute Gasteiger partial charge is 0.491 e. The number of imidazole rings is 1. The van der Waals surface area contributed by atoms with Crippen LogP contribution in [-0.4, -0.2) is 48.7 Å². The first kappa shape index (κ1) is 24.5. The van der Waals surface area contributed by atoms with E-state index >= 15 is 0 Å². The Morgan fingerprint density at radius 1 is 1.14 bits per heavy atom. The number of hydrogen-bond donors (Lipinski definition) is 1. The summed E-state index contributed by atoms with van der Waals surface area (Å²) in [6.07, 6.45) is 1.10. The van der Waals surface area contributed by atoms with Crippen LogP contribution in [0.2, 0.25) is 0 Å². The summed E-state index contributed by atoms with van der Waals surface area (Å²) in [6.45, 7) is 3.93. The zero-order valence-corrected chi connectivity index (χ0v) is 20.6. The number of aromatic nitrogens is 3. The number of methoxy groups -OCH3 is 1. The summed E-state index contributed by atoms with van der Waals surface area (Å²) in [5.41, 5.74) is 2.53. The maximum absolute atomic E-state index is 14.5. The molecule has 0 amide bonds. The molecule has 1 N–H and O–H groups in total. The number of H-pyrrole nitrogens is 1. The van der Waals surface area contributed by atoms with Crippen LogP contribution in [0.15, 0.2) is 53.3 Å². The van der Waals surface area contributed by atoms with Crippen molar-refractivity contribution in [2.75, 3.05) is 25.7 Å². The van der Waals surface area contributed by atoms with Gasteiger partial charge in [0.1, 0.15) is 15.7 Å². The molecular weight excluding hydrogens is 473 g/mol. The van der Waals surface area contributed by atoms with Crippen LogP contribution in [0.1, 0.15) is 24.2 Å². The molecule has 2 aromatic heterocycles. The third kappa shape index (κ3) is 5.07. The van der Waals surface area contributed by atoms with Crippen molar-refractivity contribution >= 4 is 20.9 Å². The Kier molecular flexibility index (Phi) is 6.66. The molecule has 1 atom stereocenters. The van der Waals surface area contributed by atoms with Gasteiger partial charge in [-0.3, -0.25) is 4.57 Å². The molecule has 35 heavy (non-hydrogen) atoms. The molecule has 4 aromatic rings. The first-order chi connectivity index (χ1) is 16.6. The summed E-state index contributed by atoms with van der Waals surface area (Å²) in [4.78, 5) is 20.3. The summed E-state index contributed by atoms with van der Waals surface area (Å²) in [5.74, 6) is -0.133. The van der Waals surface area contributed by atoms with E-state index in [1.165, 1.54) is 17.7 Å². The number of aromatic amines is 1. The summed E-state index contributed by atoms with van der Waals surface area (Å²) >= 11 is 0.